The first-order chi connectivity index (χ1) is 9.22. The fourth-order valence-electron chi connectivity index (χ4n) is 1.67. The van der Waals surface area contributed by atoms with E-state index in [2.05, 4.69) is 4.98 Å². The molecule has 2 aromatic rings. The molecule has 1 aromatic heterocycles. The van der Waals surface area contributed by atoms with Crippen molar-refractivity contribution in [3.63, 3.8) is 0 Å². The van der Waals surface area contributed by atoms with Gasteiger partial charge in [-0.05, 0) is 12.5 Å². The number of rotatable bonds is 5. The second-order valence-corrected chi connectivity index (χ2v) is 5.05. The van der Waals surface area contributed by atoms with Crippen LogP contribution in [0.3, 0.4) is 0 Å². The van der Waals surface area contributed by atoms with Gasteiger partial charge in [0.2, 0.25) is 0 Å². The van der Waals surface area contributed by atoms with E-state index in [0.29, 0.717) is 6.61 Å². The van der Waals surface area contributed by atoms with Crippen LogP contribution < -0.4 is 0 Å². The minimum Gasteiger partial charge on any atom is -0.465 e. The van der Waals surface area contributed by atoms with E-state index in [1.807, 2.05) is 55.1 Å². The van der Waals surface area contributed by atoms with Gasteiger partial charge >= 0.3 is 5.97 Å². The van der Waals surface area contributed by atoms with Gasteiger partial charge in [-0.1, -0.05) is 42.1 Å². The zero-order valence-electron chi connectivity index (χ0n) is 10.9. The molecule has 0 saturated heterocycles. The molecule has 4 nitrogen and oxygen atoms in total. The zero-order valence-corrected chi connectivity index (χ0v) is 11.8. The molecule has 0 fully saturated rings. The molecule has 1 heterocycles. The maximum atomic E-state index is 12.1. The van der Waals surface area contributed by atoms with Crippen LogP contribution in [0.1, 0.15) is 17.7 Å². The molecule has 1 aromatic carbocycles. The summed E-state index contributed by atoms with van der Waals surface area (Å²) in [5.74, 6) is -0.235. The predicted octanol–water partition coefficient (Wildman–Crippen LogP) is 2.82. The lowest BCUT2D eigenvalue weighted by atomic mass is 10.1. The number of carbonyl (C=O) groups is 1. The number of esters is 1. The first-order valence-corrected chi connectivity index (χ1v) is 6.96. The minimum atomic E-state index is -0.387. The van der Waals surface area contributed by atoms with Crippen LogP contribution in [-0.2, 0) is 16.6 Å². The average Bonchev–Trinajstić information content (AvgIpc) is 2.82. The molecule has 0 radical (unpaired) electrons. The van der Waals surface area contributed by atoms with Crippen LogP contribution in [0.4, 0.5) is 0 Å². The maximum Gasteiger partial charge on any atom is 0.324 e. The highest BCUT2D eigenvalue weighted by Crippen LogP contribution is 2.34. The van der Waals surface area contributed by atoms with Crippen LogP contribution in [0.15, 0.2) is 47.9 Å². The summed E-state index contributed by atoms with van der Waals surface area (Å²) in [7, 11) is 1.91. The number of imidazole rings is 1. The Morgan fingerprint density at radius 3 is 2.74 bits per heavy atom. The van der Waals surface area contributed by atoms with Gasteiger partial charge in [-0.3, -0.25) is 4.79 Å². The first kappa shape index (κ1) is 13.7. The van der Waals surface area contributed by atoms with Crippen molar-refractivity contribution in [3.05, 3.63) is 48.3 Å². The van der Waals surface area contributed by atoms with Crippen LogP contribution in [0, 0.1) is 0 Å². The lowest BCUT2D eigenvalue weighted by Gasteiger charge is -2.15. The van der Waals surface area contributed by atoms with Crippen LogP contribution in [0.25, 0.3) is 0 Å². The summed E-state index contributed by atoms with van der Waals surface area (Å²) < 4.78 is 7.04. The van der Waals surface area contributed by atoms with E-state index < -0.39 is 0 Å². The van der Waals surface area contributed by atoms with Crippen LogP contribution in [0.5, 0.6) is 0 Å². The Hall–Kier alpha value is -1.75. The van der Waals surface area contributed by atoms with E-state index in [1.54, 1.807) is 6.20 Å². The molecule has 100 valence electrons. The van der Waals surface area contributed by atoms with E-state index >= 15 is 0 Å². The Kier molecular flexibility index (Phi) is 4.63. The molecule has 1 atom stereocenters. The summed E-state index contributed by atoms with van der Waals surface area (Å²) >= 11 is 1.40. The molecule has 2 rings (SSSR count). The summed E-state index contributed by atoms with van der Waals surface area (Å²) in [6.07, 6.45) is 3.57. The Balaban J connectivity index is 2.25. The minimum absolute atomic E-state index is 0.235. The molecule has 5 heteroatoms. The van der Waals surface area contributed by atoms with Gasteiger partial charge in [-0.25, -0.2) is 4.98 Å². The summed E-state index contributed by atoms with van der Waals surface area (Å²) in [4.78, 5) is 16.3. The van der Waals surface area contributed by atoms with Crippen molar-refractivity contribution in [2.75, 3.05) is 6.61 Å². The quantitative estimate of drug-likeness (QED) is 0.622. The highest BCUT2D eigenvalue weighted by atomic mass is 32.2. The van der Waals surface area contributed by atoms with E-state index in [4.69, 9.17) is 4.74 Å². The Morgan fingerprint density at radius 2 is 2.16 bits per heavy atom. The fraction of sp³-hybridized carbons (Fsp3) is 0.286. The Bertz CT molecular complexity index is 539. The largest absolute Gasteiger partial charge is 0.465 e. The lowest BCUT2D eigenvalue weighted by Crippen LogP contribution is -2.14. The number of hydrogen-bond donors (Lipinski definition) is 0. The van der Waals surface area contributed by atoms with Crippen LogP contribution in [-0.4, -0.2) is 22.1 Å². The number of carbonyl (C=O) groups excluding carboxylic acids is 1. The molecule has 0 saturated carbocycles. The van der Waals surface area contributed by atoms with Gasteiger partial charge < -0.3 is 9.30 Å². The van der Waals surface area contributed by atoms with Crippen molar-refractivity contribution in [2.45, 2.75) is 17.3 Å². The summed E-state index contributed by atoms with van der Waals surface area (Å²) in [6.45, 7) is 2.19. The highest BCUT2D eigenvalue weighted by Gasteiger charge is 2.24. The third-order valence-corrected chi connectivity index (χ3v) is 3.91. The fourth-order valence-corrected chi connectivity index (χ4v) is 2.69. The van der Waals surface area contributed by atoms with Crippen LogP contribution in [0.2, 0.25) is 0 Å². The molecule has 0 spiro atoms. The third-order valence-electron chi connectivity index (χ3n) is 2.60. The average molecular weight is 276 g/mol. The number of aromatic nitrogens is 2. The number of hydrogen-bond acceptors (Lipinski definition) is 4. The Labute approximate surface area is 116 Å². The standard InChI is InChI=1S/C14H16N2O2S/c1-3-18-13(17)12(11-7-5-4-6-8-11)19-14-15-9-10-16(14)2/h4-10,12H,3H2,1-2H3/t12-/m0/s1. The van der Waals surface area contributed by atoms with E-state index in [-0.39, 0.29) is 11.2 Å². The molecular formula is C14H16N2O2S. The van der Waals surface area contributed by atoms with E-state index in [0.717, 1.165) is 10.7 Å². The second kappa shape index (κ2) is 6.43. The second-order valence-electron chi connectivity index (χ2n) is 3.98. The molecule has 0 aliphatic rings. The summed E-state index contributed by atoms with van der Waals surface area (Å²) in [6, 6.07) is 9.62. The molecule has 0 N–H and O–H groups in total. The van der Waals surface area contributed by atoms with Gasteiger partial charge in [0.1, 0.15) is 5.25 Å². The molecule has 0 aliphatic heterocycles. The lowest BCUT2D eigenvalue weighted by molar-refractivity contribution is -0.142. The van der Waals surface area contributed by atoms with Crippen molar-refractivity contribution in [2.24, 2.45) is 7.05 Å². The topological polar surface area (TPSA) is 44.1 Å². The maximum absolute atomic E-state index is 12.1. The van der Waals surface area contributed by atoms with Gasteiger partial charge in [-0.2, -0.15) is 0 Å². The SMILES string of the molecule is CCOC(=O)[C@@H](Sc1nccn1C)c1ccccc1. The van der Waals surface area contributed by atoms with Crippen molar-refractivity contribution in [1.29, 1.82) is 0 Å². The molecule has 0 aliphatic carbocycles. The summed E-state index contributed by atoms with van der Waals surface area (Å²) in [5, 5.41) is 0.407. The molecule has 0 amide bonds. The number of nitrogens with zero attached hydrogens (tertiary/aromatic N) is 2. The van der Waals surface area contributed by atoms with Crippen LogP contribution >= 0.6 is 11.8 Å². The van der Waals surface area contributed by atoms with Gasteiger partial charge in [0.15, 0.2) is 5.16 Å². The third kappa shape index (κ3) is 3.38. The summed E-state index contributed by atoms with van der Waals surface area (Å²) in [5.41, 5.74) is 0.925. The number of benzene rings is 1. The number of aryl methyl sites for hydroxylation is 1. The predicted molar refractivity (Wildman–Crippen MR) is 74.9 cm³/mol. The van der Waals surface area contributed by atoms with Gasteiger partial charge in [0, 0.05) is 19.4 Å². The molecule has 0 unspecified atom stereocenters. The number of ether oxygens (including phenoxy) is 1. The van der Waals surface area contributed by atoms with Gasteiger partial charge in [-0.15, -0.1) is 0 Å². The van der Waals surface area contributed by atoms with Crippen molar-refractivity contribution in [1.82, 2.24) is 9.55 Å². The van der Waals surface area contributed by atoms with Gasteiger partial charge in [0.25, 0.3) is 0 Å². The first-order valence-electron chi connectivity index (χ1n) is 6.08. The molecule has 0 bridgehead atoms. The van der Waals surface area contributed by atoms with E-state index in [1.165, 1.54) is 11.8 Å². The Morgan fingerprint density at radius 1 is 1.42 bits per heavy atom. The van der Waals surface area contributed by atoms with Crippen molar-refractivity contribution < 1.29 is 9.53 Å². The zero-order chi connectivity index (χ0) is 13.7. The van der Waals surface area contributed by atoms with Crippen molar-refractivity contribution >= 4 is 17.7 Å². The van der Waals surface area contributed by atoms with Crippen molar-refractivity contribution in [3.8, 4) is 0 Å². The van der Waals surface area contributed by atoms with Gasteiger partial charge in [0.05, 0.1) is 6.61 Å². The van der Waals surface area contributed by atoms with E-state index in [9.17, 15) is 4.79 Å². The molecule has 19 heavy (non-hydrogen) atoms. The monoisotopic (exact) mass is 276 g/mol. The normalized spacial score (nSPS) is 12.1. The smallest absolute Gasteiger partial charge is 0.324 e. The highest BCUT2D eigenvalue weighted by molar-refractivity contribution is 8.00. The number of thioether (sulfide) groups is 1. The molecular weight excluding hydrogens is 260 g/mol.